The van der Waals surface area contributed by atoms with E-state index >= 15 is 0 Å². The van der Waals surface area contributed by atoms with E-state index in [4.69, 9.17) is 4.52 Å². The largest absolute Gasteiger partial charge is 0.334 e. The van der Waals surface area contributed by atoms with Crippen molar-refractivity contribution in [1.82, 2.24) is 24.7 Å². The van der Waals surface area contributed by atoms with Crippen molar-refractivity contribution in [2.24, 2.45) is 0 Å². The zero-order valence-electron chi connectivity index (χ0n) is 14.4. The Morgan fingerprint density at radius 2 is 2.04 bits per heavy atom. The van der Waals surface area contributed by atoms with Gasteiger partial charge in [0.2, 0.25) is 5.91 Å². The van der Waals surface area contributed by atoms with Crippen LogP contribution in [0, 0.1) is 0 Å². The summed E-state index contributed by atoms with van der Waals surface area (Å²) in [5.74, 6) is 2.10. The lowest BCUT2D eigenvalue weighted by Gasteiger charge is -2.04. The molecule has 8 heteroatoms. The SMILES string of the molecule is O=C(Cc1nnc2cc(-c3nc(C4CC4)no3)ccn12)Nc1ccccc1. The summed E-state index contributed by atoms with van der Waals surface area (Å²) in [5, 5.41) is 15.2. The lowest BCUT2D eigenvalue weighted by molar-refractivity contribution is -0.115. The van der Waals surface area contributed by atoms with Gasteiger partial charge in [-0.2, -0.15) is 4.98 Å². The maximum atomic E-state index is 12.3. The van der Waals surface area contributed by atoms with Crippen molar-refractivity contribution in [2.75, 3.05) is 5.32 Å². The number of amides is 1. The number of hydrogen-bond acceptors (Lipinski definition) is 6. The lowest BCUT2D eigenvalue weighted by atomic mass is 10.2. The van der Waals surface area contributed by atoms with Gasteiger partial charge in [-0.3, -0.25) is 9.20 Å². The highest BCUT2D eigenvalue weighted by atomic mass is 16.5. The topological polar surface area (TPSA) is 98.2 Å². The highest BCUT2D eigenvalue weighted by Gasteiger charge is 2.29. The summed E-state index contributed by atoms with van der Waals surface area (Å²) in [5.41, 5.74) is 2.16. The summed E-state index contributed by atoms with van der Waals surface area (Å²) in [7, 11) is 0. The van der Waals surface area contributed by atoms with Gasteiger partial charge in [0.05, 0.1) is 6.42 Å². The molecular weight excluding hydrogens is 344 g/mol. The van der Waals surface area contributed by atoms with Gasteiger partial charge in [0, 0.05) is 23.4 Å². The number of pyridine rings is 1. The first-order chi connectivity index (χ1) is 13.3. The number of hydrogen-bond donors (Lipinski definition) is 1. The molecule has 1 fully saturated rings. The van der Waals surface area contributed by atoms with Crippen LogP contribution in [0.1, 0.15) is 30.4 Å². The number of rotatable bonds is 5. The minimum absolute atomic E-state index is 0.127. The first-order valence-electron chi connectivity index (χ1n) is 8.79. The van der Waals surface area contributed by atoms with Gasteiger partial charge in [-0.1, -0.05) is 23.4 Å². The molecule has 5 rings (SSSR count). The smallest absolute Gasteiger partial charge is 0.258 e. The van der Waals surface area contributed by atoms with Crippen LogP contribution in [-0.4, -0.2) is 30.6 Å². The summed E-state index contributed by atoms with van der Waals surface area (Å²) in [6.07, 6.45) is 4.19. The van der Waals surface area contributed by atoms with Crippen molar-refractivity contribution in [2.45, 2.75) is 25.2 Å². The molecule has 1 aromatic carbocycles. The van der Waals surface area contributed by atoms with Gasteiger partial charge in [0.25, 0.3) is 5.89 Å². The molecule has 1 N–H and O–H groups in total. The molecule has 0 atom stereocenters. The molecule has 4 aromatic rings. The van der Waals surface area contributed by atoms with E-state index in [2.05, 4.69) is 25.7 Å². The fraction of sp³-hybridized carbons (Fsp3) is 0.211. The predicted octanol–water partition coefficient (Wildman–Crippen LogP) is 2.84. The molecule has 1 aliphatic rings. The zero-order valence-corrected chi connectivity index (χ0v) is 14.4. The summed E-state index contributed by atoms with van der Waals surface area (Å²) < 4.78 is 7.14. The van der Waals surface area contributed by atoms with E-state index in [1.54, 1.807) is 4.40 Å². The standard InChI is InChI=1S/C19H16N6O2/c26-17(20-14-4-2-1-3-5-14)11-16-23-22-15-10-13(8-9-25(15)16)19-21-18(24-27-19)12-6-7-12/h1-5,8-10,12H,6-7,11H2,(H,20,26). The van der Waals surface area contributed by atoms with Gasteiger partial charge in [0.15, 0.2) is 11.5 Å². The number of nitrogens with one attached hydrogen (secondary N) is 1. The molecule has 3 heterocycles. The molecule has 0 radical (unpaired) electrons. The Labute approximate surface area is 154 Å². The second kappa shape index (κ2) is 6.31. The van der Waals surface area contributed by atoms with Gasteiger partial charge in [-0.05, 0) is 37.1 Å². The second-order valence-electron chi connectivity index (χ2n) is 6.58. The van der Waals surface area contributed by atoms with Crippen LogP contribution < -0.4 is 5.32 Å². The molecule has 0 bridgehead atoms. The van der Waals surface area contributed by atoms with Crippen LogP contribution >= 0.6 is 0 Å². The Morgan fingerprint density at radius 3 is 2.85 bits per heavy atom. The molecular formula is C19H16N6O2. The monoisotopic (exact) mass is 360 g/mol. The van der Waals surface area contributed by atoms with Gasteiger partial charge in [-0.25, -0.2) is 0 Å². The van der Waals surface area contributed by atoms with E-state index in [1.165, 1.54) is 0 Å². The van der Waals surface area contributed by atoms with Crippen molar-refractivity contribution < 1.29 is 9.32 Å². The summed E-state index contributed by atoms with van der Waals surface area (Å²) in [4.78, 5) is 16.7. The molecule has 134 valence electrons. The first-order valence-corrected chi connectivity index (χ1v) is 8.79. The normalized spacial score (nSPS) is 13.8. The fourth-order valence-corrected chi connectivity index (χ4v) is 2.92. The van der Waals surface area contributed by atoms with Crippen LogP contribution in [0.3, 0.4) is 0 Å². The van der Waals surface area contributed by atoms with E-state index < -0.39 is 0 Å². The minimum atomic E-state index is -0.148. The molecule has 27 heavy (non-hydrogen) atoms. The summed E-state index contributed by atoms with van der Waals surface area (Å²) in [6.45, 7) is 0. The number of carbonyl (C=O) groups excluding carboxylic acids is 1. The van der Waals surface area contributed by atoms with Crippen LogP contribution in [0.4, 0.5) is 5.69 Å². The average molecular weight is 360 g/mol. The molecule has 1 aliphatic carbocycles. The van der Waals surface area contributed by atoms with Gasteiger partial charge in [-0.15, -0.1) is 10.2 Å². The van der Waals surface area contributed by atoms with Crippen molar-refractivity contribution in [3.63, 3.8) is 0 Å². The third-order valence-corrected chi connectivity index (χ3v) is 4.49. The third kappa shape index (κ3) is 3.17. The quantitative estimate of drug-likeness (QED) is 0.588. The molecule has 1 amide bonds. The van der Waals surface area contributed by atoms with Crippen LogP contribution in [0.2, 0.25) is 0 Å². The maximum Gasteiger partial charge on any atom is 0.258 e. The Balaban J connectivity index is 1.36. The minimum Gasteiger partial charge on any atom is -0.334 e. The Kier molecular flexibility index (Phi) is 3.67. The van der Waals surface area contributed by atoms with Crippen LogP contribution in [0.5, 0.6) is 0 Å². The maximum absolute atomic E-state index is 12.3. The number of nitrogens with zero attached hydrogens (tertiary/aromatic N) is 5. The Hall–Kier alpha value is -3.55. The van der Waals surface area contributed by atoms with Crippen molar-refractivity contribution in [1.29, 1.82) is 0 Å². The van der Waals surface area contributed by atoms with Crippen LogP contribution in [0.15, 0.2) is 53.2 Å². The zero-order chi connectivity index (χ0) is 18.2. The molecule has 8 nitrogen and oxygen atoms in total. The van der Waals surface area contributed by atoms with Crippen LogP contribution in [-0.2, 0) is 11.2 Å². The molecule has 1 saturated carbocycles. The third-order valence-electron chi connectivity index (χ3n) is 4.49. The fourth-order valence-electron chi connectivity index (χ4n) is 2.92. The summed E-state index contributed by atoms with van der Waals surface area (Å²) >= 11 is 0. The number of anilines is 1. The number of aromatic nitrogens is 5. The van der Waals surface area contributed by atoms with Gasteiger partial charge < -0.3 is 9.84 Å². The lowest BCUT2D eigenvalue weighted by Crippen LogP contribution is -2.16. The molecule has 3 aromatic heterocycles. The molecule has 0 spiro atoms. The van der Waals surface area contributed by atoms with E-state index in [9.17, 15) is 4.79 Å². The van der Waals surface area contributed by atoms with Crippen molar-refractivity contribution in [3.8, 4) is 11.5 Å². The van der Waals surface area contributed by atoms with Crippen LogP contribution in [0.25, 0.3) is 17.1 Å². The highest BCUT2D eigenvalue weighted by Crippen LogP contribution is 2.38. The first kappa shape index (κ1) is 15.7. The van der Waals surface area contributed by atoms with Crippen molar-refractivity contribution in [3.05, 3.63) is 60.3 Å². The molecule has 0 saturated heterocycles. The highest BCUT2D eigenvalue weighted by molar-refractivity contribution is 5.91. The number of benzene rings is 1. The second-order valence-corrected chi connectivity index (χ2v) is 6.58. The number of para-hydroxylation sites is 1. The van der Waals surface area contributed by atoms with Gasteiger partial charge >= 0.3 is 0 Å². The molecule has 0 unspecified atom stereocenters. The average Bonchev–Trinajstić information content (AvgIpc) is 3.29. The van der Waals surface area contributed by atoms with E-state index in [0.717, 1.165) is 29.9 Å². The van der Waals surface area contributed by atoms with Crippen molar-refractivity contribution >= 4 is 17.2 Å². The Morgan fingerprint density at radius 1 is 1.19 bits per heavy atom. The number of fused-ring (bicyclic) bond motifs is 1. The molecule has 0 aliphatic heterocycles. The van der Waals surface area contributed by atoms with E-state index in [-0.39, 0.29) is 12.3 Å². The van der Waals surface area contributed by atoms with E-state index in [1.807, 2.05) is 48.7 Å². The predicted molar refractivity (Wildman–Crippen MR) is 97.0 cm³/mol. The summed E-state index contributed by atoms with van der Waals surface area (Å²) in [6, 6.07) is 13.0. The number of carbonyl (C=O) groups is 1. The van der Waals surface area contributed by atoms with E-state index in [0.29, 0.717) is 23.3 Å². The Bertz CT molecular complexity index is 1110. The van der Waals surface area contributed by atoms with Gasteiger partial charge in [0.1, 0.15) is 5.82 Å².